The number of ether oxygens (including phenoxy) is 1. The van der Waals surface area contributed by atoms with Crippen molar-refractivity contribution in [1.29, 1.82) is 0 Å². The van der Waals surface area contributed by atoms with Gasteiger partial charge in [0.05, 0.1) is 6.10 Å². The van der Waals surface area contributed by atoms with Crippen LogP contribution in [0.25, 0.3) is 0 Å². The van der Waals surface area contributed by atoms with Gasteiger partial charge >= 0.3 is 0 Å². The Morgan fingerprint density at radius 3 is 2.57 bits per heavy atom. The second-order valence-electron chi connectivity index (χ2n) is 4.56. The van der Waals surface area contributed by atoms with Crippen molar-refractivity contribution in [3.05, 3.63) is 0 Å². The van der Waals surface area contributed by atoms with E-state index >= 15 is 0 Å². The molecule has 0 spiro atoms. The molecule has 1 atom stereocenters. The van der Waals surface area contributed by atoms with Crippen LogP contribution in [0.5, 0.6) is 0 Å². The molecule has 0 heterocycles. The van der Waals surface area contributed by atoms with E-state index < -0.39 is 0 Å². The van der Waals surface area contributed by atoms with E-state index in [1.165, 1.54) is 25.7 Å². The largest absolute Gasteiger partial charge is 0.379 e. The van der Waals surface area contributed by atoms with Crippen molar-refractivity contribution in [2.45, 2.75) is 58.6 Å². The molecule has 0 radical (unpaired) electrons. The lowest BCUT2D eigenvalue weighted by Gasteiger charge is -2.17. The Hall–Kier alpha value is -0.0800. The fourth-order valence-electron chi connectivity index (χ4n) is 1.89. The van der Waals surface area contributed by atoms with Gasteiger partial charge in [-0.05, 0) is 52.0 Å². The molecule has 1 N–H and O–H groups in total. The van der Waals surface area contributed by atoms with E-state index in [9.17, 15) is 0 Å². The molecule has 0 bridgehead atoms. The minimum absolute atomic E-state index is 0.383. The normalized spacial score (nSPS) is 18.9. The fraction of sp³-hybridized carbons (Fsp3) is 1.00. The summed E-state index contributed by atoms with van der Waals surface area (Å²) in [5.74, 6) is 0.967. The fourth-order valence-corrected chi connectivity index (χ4v) is 1.89. The maximum absolute atomic E-state index is 5.54. The Morgan fingerprint density at radius 1 is 1.36 bits per heavy atom. The summed E-state index contributed by atoms with van der Waals surface area (Å²) in [7, 11) is 0. The second-order valence-corrected chi connectivity index (χ2v) is 4.56. The zero-order valence-electron chi connectivity index (χ0n) is 9.88. The Morgan fingerprint density at radius 2 is 2.07 bits per heavy atom. The Balaban J connectivity index is 2.01. The van der Waals surface area contributed by atoms with Gasteiger partial charge in [-0.3, -0.25) is 0 Å². The first kappa shape index (κ1) is 12.0. The van der Waals surface area contributed by atoms with Crippen LogP contribution in [0.1, 0.15) is 46.5 Å². The van der Waals surface area contributed by atoms with Gasteiger partial charge in [-0.2, -0.15) is 0 Å². The van der Waals surface area contributed by atoms with Crippen molar-refractivity contribution in [2.75, 3.05) is 13.2 Å². The third-order valence-corrected chi connectivity index (χ3v) is 2.77. The minimum Gasteiger partial charge on any atom is -0.379 e. The smallest absolute Gasteiger partial charge is 0.0518 e. The molecule has 1 fully saturated rings. The van der Waals surface area contributed by atoms with Crippen molar-refractivity contribution < 1.29 is 4.74 Å². The highest BCUT2D eigenvalue weighted by molar-refractivity contribution is 4.85. The Kier molecular flexibility index (Phi) is 5.49. The molecule has 1 aliphatic carbocycles. The lowest BCUT2D eigenvalue weighted by atomic mass is 10.1. The van der Waals surface area contributed by atoms with E-state index in [4.69, 9.17) is 4.74 Å². The molecule has 2 nitrogen and oxygen atoms in total. The standard InChI is InChI=1S/C12H25NO/c1-4-13-12(11-7-8-11)6-5-9-14-10(2)3/h10-13H,4-9H2,1-3H3. The molecule has 0 aliphatic heterocycles. The first-order valence-corrected chi connectivity index (χ1v) is 6.09. The van der Waals surface area contributed by atoms with E-state index in [0.29, 0.717) is 6.10 Å². The van der Waals surface area contributed by atoms with Crippen LogP contribution >= 0.6 is 0 Å². The molecule has 1 rings (SSSR count). The summed E-state index contributed by atoms with van der Waals surface area (Å²) in [6.45, 7) is 8.42. The van der Waals surface area contributed by atoms with E-state index in [1.54, 1.807) is 0 Å². The van der Waals surface area contributed by atoms with Gasteiger partial charge in [-0.15, -0.1) is 0 Å². The van der Waals surface area contributed by atoms with Crippen LogP contribution in [0.2, 0.25) is 0 Å². The third kappa shape index (κ3) is 4.97. The predicted molar refractivity (Wildman–Crippen MR) is 60.5 cm³/mol. The summed E-state index contributed by atoms with van der Waals surface area (Å²) in [4.78, 5) is 0. The van der Waals surface area contributed by atoms with Crippen molar-refractivity contribution in [2.24, 2.45) is 5.92 Å². The quantitative estimate of drug-likeness (QED) is 0.607. The van der Waals surface area contributed by atoms with Crippen molar-refractivity contribution in [3.8, 4) is 0 Å². The summed E-state index contributed by atoms with van der Waals surface area (Å²) in [6, 6.07) is 0.760. The van der Waals surface area contributed by atoms with E-state index in [1.807, 2.05) is 0 Å². The molecule has 1 unspecified atom stereocenters. The first-order chi connectivity index (χ1) is 6.74. The van der Waals surface area contributed by atoms with Gasteiger partial charge in [0.15, 0.2) is 0 Å². The first-order valence-electron chi connectivity index (χ1n) is 6.09. The van der Waals surface area contributed by atoms with Crippen molar-refractivity contribution >= 4 is 0 Å². The lowest BCUT2D eigenvalue weighted by molar-refractivity contribution is 0.0741. The Labute approximate surface area is 88.4 Å². The lowest BCUT2D eigenvalue weighted by Crippen LogP contribution is -2.31. The summed E-state index contributed by atoms with van der Waals surface area (Å²) in [6.07, 6.45) is 5.73. The minimum atomic E-state index is 0.383. The highest BCUT2D eigenvalue weighted by Crippen LogP contribution is 2.34. The molecule has 2 heteroatoms. The van der Waals surface area contributed by atoms with Crippen molar-refractivity contribution in [1.82, 2.24) is 5.32 Å². The molecule has 14 heavy (non-hydrogen) atoms. The van der Waals surface area contributed by atoms with Crippen LogP contribution in [-0.4, -0.2) is 25.3 Å². The van der Waals surface area contributed by atoms with Gasteiger partial charge in [-0.25, -0.2) is 0 Å². The zero-order chi connectivity index (χ0) is 10.4. The van der Waals surface area contributed by atoms with Crippen LogP contribution in [0.15, 0.2) is 0 Å². The van der Waals surface area contributed by atoms with Crippen LogP contribution in [-0.2, 0) is 4.74 Å². The summed E-state index contributed by atoms with van der Waals surface area (Å²) in [5, 5.41) is 3.58. The van der Waals surface area contributed by atoms with E-state index in [2.05, 4.69) is 26.1 Å². The maximum Gasteiger partial charge on any atom is 0.0518 e. The SMILES string of the molecule is CCNC(CCCOC(C)C)C1CC1. The average molecular weight is 199 g/mol. The van der Waals surface area contributed by atoms with E-state index in [-0.39, 0.29) is 0 Å². The van der Waals surface area contributed by atoms with Gasteiger partial charge in [0.1, 0.15) is 0 Å². The zero-order valence-corrected chi connectivity index (χ0v) is 9.88. The van der Waals surface area contributed by atoms with Crippen LogP contribution < -0.4 is 5.32 Å². The monoisotopic (exact) mass is 199 g/mol. The highest BCUT2D eigenvalue weighted by atomic mass is 16.5. The van der Waals surface area contributed by atoms with Gasteiger partial charge < -0.3 is 10.1 Å². The number of hydrogen-bond donors (Lipinski definition) is 1. The summed E-state index contributed by atoms with van der Waals surface area (Å²) >= 11 is 0. The third-order valence-electron chi connectivity index (χ3n) is 2.77. The van der Waals surface area contributed by atoms with Gasteiger partial charge in [0.25, 0.3) is 0 Å². The molecule has 1 saturated carbocycles. The number of nitrogens with one attached hydrogen (secondary N) is 1. The second kappa shape index (κ2) is 6.41. The molecule has 0 aromatic rings. The highest BCUT2D eigenvalue weighted by Gasteiger charge is 2.29. The van der Waals surface area contributed by atoms with Gasteiger partial charge in [0.2, 0.25) is 0 Å². The molecule has 0 saturated heterocycles. The molecule has 0 aromatic heterocycles. The molecule has 1 aliphatic rings. The molecule has 0 aromatic carbocycles. The number of rotatable bonds is 8. The topological polar surface area (TPSA) is 21.3 Å². The van der Waals surface area contributed by atoms with Gasteiger partial charge in [0, 0.05) is 12.6 Å². The maximum atomic E-state index is 5.54. The molecular weight excluding hydrogens is 174 g/mol. The van der Waals surface area contributed by atoms with Crippen LogP contribution in [0, 0.1) is 5.92 Å². The number of hydrogen-bond acceptors (Lipinski definition) is 2. The summed E-state index contributed by atoms with van der Waals surface area (Å²) in [5.41, 5.74) is 0. The average Bonchev–Trinajstić information content (AvgIpc) is 2.93. The summed E-state index contributed by atoms with van der Waals surface area (Å²) < 4.78 is 5.54. The molecular formula is C12H25NO. The van der Waals surface area contributed by atoms with E-state index in [0.717, 1.165) is 25.1 Å². The molecule has 84 valence electrons. The molecule has 0 amide bonds. The predicted octanol–water partition coefficient (Wildman–Crippen LogP) is 2.58. The van der Waals surface area contributed by atoms with Gasteiger partial charge in [-0.1, -0.05) is 6.92 Å². The van der Waals surface area contributed by atoms with Crippen LogP contribution in [0.4, 0.5) is 0 Å². The van der Waals surface area contributed by atoms with Crippen molar-refractivity contribution in [3.63, 3.8) is 0 Å². The Bertz CT molecular complexity index is 143. The van der Waals surface area contributed by atoms with Crippen LogP contribution in [0.3, 0.4) is 0 Å².